The fourth-order valence-electron chi connectivity index (χ4n) is 1.82. The molecule has 0 heterocycles. The number of aryl methyl sites for hydroxylation is 1. The van der Waals surface area contributed by atoms with Gasteiger partial charge >= 0.3 is 0 Å². The van der Waals surface area contributed by atoms with Crippen molar-refractivity contribution in [2.45, 2.75) is 40.2 Å². The van der Waals surface area contributed by atoms with Gasteiger partial charge in [-0.2, -0.15) is 0 Å². The van der Waals surface area contributed by atoms with Crippen LogP contribution in [0.3, 0.4) is 0 Å². The van der Waals surface area contributed by atoms with E-state index in [1.807, 2.05) is 33.8 Å². The van der Waals surface area contributed by atoms with Crippen LogP contribution in [0, 0.1) is 12.3 Å². The first-order valence-corrected chi connectivity index (χ1v) is 6.97. The predicted octanol–water partition coefficient (Wildman–Crippen LogP) is 2.71. The third-order valence-corrected chi connectivity index (χ3v) is 3.52. The number of carbonyl (C=O) groups excluding carboxylic acids is 1. The van der Waals surface area contributed by atoms with E-state index in [1.54, 1.807) is 20.3 Å². The third-order valence-electron chi connectivity index (χ3n) is 3.52. The number of hydrogen-bond acceptors (Lipinski definition) is 4. The van der Waals surface area contributed by atoms with E-state index in [1.165, 1.54) is 0 Å². The van der Waals surface area contributed by atoms with E-state index >= 15 is 0 Å². The van der Waals surface area contributed by atoms with Crippen molar-refractivity contribution in [3.63, 3.8) is 0 Å². The molecule has 1 amide bonds. The first-order valence-electron chi connectivity index (χ1n) is 6.97. The molecule has 0 aromatic heterocycles. The van der Waals surface area contributed by atoms with Crippen LogP contribution in [0.5, 0.6) is 11.5 Å². The summed E-state index contributed by atoms with van der Waals surface area (Å²) in [4.78, 5) is 12.1. The second kappa shape index (κ2) is 6.80. The number of nitrogens with two attached hydrogens (primary N) is 1. The van der Waals surface area contributed by atoms with Gasteiger partial charge < -0.3 is 20.5 Å². The normalized spacial score (nSPS) is 12.7. The van der Waals surface area contributed by atoms with Crippen molar-refractivity contribution in [3.8, 4) is 11.5 Å². The summed E-state index contributed by atoms with van der Waals surface area (Å²) in [6, 6.07) is 3.39. The van der Waals surface area contributed by atoms with Crippen molar-refractivity contribution in [1.82, 2.24) is 0 Å². The summed E-state index contributed by atoms with van der Waals surface area (Å²) in [6.45, 7) is 7.97. The smallest absolute Gasteiger partial charge is 0.225 e. The van der Waals surface area contributed by atoms with E-state index in [-0.39, 0.29) is 23.8 Å². The zero-order chi connectivity index (χ0) is 16.2. The Balaban J connectivity index is 2.86. The van der Waals surface area contributed by atoms with Gasteiger partial charge in [-0.15, -0.1) is 0 Å². The Labute approximate surface area is 126 Å². The molecule has 5 heteroatoms. The Bertz CT molecular complexity index is 507. The lowest BCUT2D eigenvalue weighted by Gasteiger charge is -2.26. The van der Waals surface area contributed by atoms with E-state index in [0.717, 1.165) is 5.56 Å². The highest BCUT2D eigenvalue weighted by atomic mass is 16.5. The third kappa shape index (κ3) is 4.63. The van der Waals surface area contributed by atoms with Crippen LogP contribution in [0.1, 0.15) is 32.8 Å². The summed E-state index contributed by atoms with van der Waals surface area (Å²) >= 11 is 0. The second-order valence-electron chi connectivity index (χ2n) is 6.25. The van der Waals surface area contributed by atoms with Crippen molar-refractivity contribution < 1.29 is 14.3 Å². The minimum atomic E-state index is -0.196. The number of amides is 1. The SMILES string of the molecule is COc1cc(C)c(NC(=O)CC(N)C(C)(C)C)cc1OC. The molecule has 0 aliphatic rings. The summed E-state index contributed by atoms with van der Waals surface area (Å²) in [5.41, 5.74) is 7.55. The number of benzene rings is 1. The Morgan fingerprint density at radius 3 is 2.24 bits per heavy atom. The molecule has 1 unspecified atom stereocenters. The minimum Gasteiger partial charge on any atom is -0.493 e. The van der Waals surface area contributed by atoms with Crippen LogP contribution in [0.15, 0.2) is 12.1 Å². The Morgan fingerprint density at radius 1 is 1.24 bits per heavy atom. The molecular formula is C16H26N2O3. The van der Waals surface area contributed by atoms with Gasteiger partial charge in [0.05, 0.1) is 14.2 Å². The van der Waals surface area contributed by atoms with Crippen LogP contribution in [0.2, 0.25) is 0 Å². The molecule has 118 valence electrons. The molecule has 0 saturated carbocycles. The molecular weight excluding hydrogens is 268 g/mol. The predicted molar refractivity (Wildman–Crippen MR) is 85.0 cm³/mol. The molecule has 0 bridgehead atoms. The Kier molecular flexibility index (Phi) is 5.61. The van der Waals surface area contributed by atoms with Gasteiger partial charge in [0.15, 0.2) is 11.5 Å². The molecule has 0 fully saturated rings. The van der Waals surface area contributed by atoms with E-state index in [0.29, 0.717) is 17.2 Å². The number of ether oxygens (including phenoxy) is 2. The maximum absolute atomic E-state index is 12.1. The van der Waals surface area contributed by atoms with Crippen LogP contribution >= 0.6 is 0 Å². The first kappa shape index (κ1) is 17.3. The van der Waals surface area contributed by atoms with Crippen molar-refractivity contribution in [1.29, 1.82) is 0 Å². The van der Waals surface area contributed by atoms with Gasteiger partial charge in [-0.3, -0.25) is 4.79 Å². The van der Waals surface area contributed by atoms with Crippen molar-refractivity contribution >= 4 is 11.6 Å². The highest BCUT2D eigenvalue weighted by molar-refractivity contribution is 5.92. The number of rotatable bonds is 5. The molecule has 0 radical (unpaired) electrons. The molecule has 0 aliphatic carbocycles. The highest BCUT2D eigenvalue weighted by Crippen LogP contribution is 2.33. The van der Waals surface area contributed by atoms with Gasteiger partial charge in [0.25, 0.3) is 0 Å². The van der Waals surface area contributed by atoms with Gasteiger partial charge in [0.2, 0.25) is 5.91 Å². The lowest BCUT2D eigenvalue weighted by atomic mass is 9.85. The molecule has 1 aromatic carbocycles. The van der Waals surface area contributed by atoms with Crippen LogP contribution in [-0.2, 0) is 4.79 Å². The van der Waals surface area contributed by atoms with Gasteiger partial charge in [0, 0.05) is 24.2 Å². The van der Waals surface area contributed by atoms with Gasteiger partial charge in [-0.25, -0.2) is 0 Å². The fraction of sp³-hybridized carbons (Fsp3) is 0.562. The Hall–Kier alpha value is -1.75. The number of carbonyl (C=O) groups is 1. The molecule has 1 rings (SSSR count). The summed E-state index contributed by atoms with van der Waals surface area (Å²) < 4.78 is 10.5. The quantitative estimate of drug-likeness (QED) is 0.875. The summed E-state index contributed by atoms with van der Waals surface area (Å²) in [6.07, 6.45) is 0.275. The highest BCUT2D eigenvalue weighted by Gasteiger charge is 2.23. The molecule has 3 N–H and O–H groups in total. The zero-order valence-electron chi connectivity index (χ0n) is 13.7. The summed E-state index contributed by atoms with van der Waals surface area (Å²) in [7, 11) is 3.15. The van der Waals surface area contributed by atoms with E-state index in [9.17, 15) is 4.79 Å². The molecule has 0 spiro atoms. The van der Waals surface area contributed by atoms with Gasteiger partial charge in [0.1, 0.15) is 0 Å². The number of nitrogens with one attached hydrogen (secondary N) is 1. The molecule has 0 saturated heterocycles. The second-order valence-corrected chi connectivity index (χ2v) is 6.25. The number of methoxy groups -OCH3 is 2. The molecule has 1 atom stereocenters. The maximum atomic E-state index is 12.1. The average molecular weight is 294 g/mol. The van der Waals surface area contributed by atoms with Gasteiger partial charge in [-0.1, -0.05) is 20.8 Å². The topological polar surface area (TPSA) is 73.6 Å². The summed E-state index contributed by atoms with van der Waals surface area (Å²) in [5, 5.41) is 2.88. The standard InChI is InChI=1S/C16H26N2O3/c1-10-7-12(20-5)13(21-6)8-11(10)18-15(19)9-14(17)16(2,3)4/h7-8,14H,9,17H2,1-6H3,(H,18,19). The van der Waals surface area contributed by atoms with Crippen LogP contribution < -0.4 is 20.5 Å². The first-order chi connectivity index (χ1) is 9.68. The van der Waals surface area contributed by atoms with E-state index in [4.69, 9.17) is 15.2 Å². The Morgan fingerprint density at radius 2 is 1.76 bits per heavy atom. The molecule has 0 aliphatic heterocycles. The molecule has 5 nitrogen and oxygen atoms in total. The van der Waals surface area contributed by atoms with Crippen LogP contribution in [0.4, 0.5) is 5.69 Å². The van der Waals surface area contributed by atoms with E-state index < -0.39 is 0 Å². The largest absolute Gasteiger partial charge is 0.493 e. The average Bonchev–Trinajstić information content (AvgIpc) is 2.39. The van der Waals surface area contributed by atoms with Crippen molar-refractivity contribution in [3.05, 3.63) is 17.7 Å². The van der Waals surface area contributed by atoms with E-state index in [2.05, 4.69) is 5.32 Å². The molecule has 21 heavy (non-hydrogen) atoms. The van der Waals surface area contributed by atoms with Crippen LogP contribution in [-0.4, -0.2) is 26.2 Å². The fourth-order valence-corrected chi connectivity index (χ4v) is 1.82. The van der Waals surface area contributed by atoms with Crippen LogP contribution in [0.25, 0.3) is 0 Å². The lowest BCUT2D eigenvalue weighted by molar-refractivity contribution is -0.117. The lowest BCUT2D eigenvalue weighted by Crippen LogP contribution is -2.38. The maximum Gasteiger partial charge on any atom is 0.225 e. The summed E-state index contributed by atoms with van der Waals surface area (Å²) in [5.74, 6) is 1.12. The van der Waals surface area contributed by atoms with Crippen molar-refractivity contribution in [2.75, 3.05) is 19.5 Å². The zero-order valence-corrected chi connectivity index (χ0v) is 13.7. The van der Waals surface area contributed by atoms with Gasteiger partial charge in [-0.05, 0) is 24.0 Å². The van der Waals surface area contributed by atoms with Crippen molar-refractivity contribution in [2.24, 2.45) is 11.1 Å². The number of anilines is 1. The monoisotopic (exact) mass is 294 g/mol. The molecule has 1 aromatic rings. The number of hydrogen-bond donors (Lipinski definition) is 2. The minimum absolute atomic E-state index is 0.104.